The van der Waals surface area contributed by atoms with E-state index in [2.05, 4.69) is 0 Å². The molecular formula is C18H17ClFNO3. The Labute approximate surface area is 144 Å². The first-order chi connectivity index (χ1) is 11.2. The summed E-state index contributed by atoms with van der Waals surface area (Å²) in [6, 6.07) is 11.9. The van der Waals surface area contributed by atoms with Crippen LogP contribution in [0.15, 0.2) is 48.5 Å². The summed E-state index contributed by atoms with van der Waals surface area (Å²) >= 11 is 6.20. The molecule has 0 saturated heterocycles. The molecule has 0 aromatic heterocycles. The van der Waals surface area contributed by atoms with Gasteiger partial charge in [-0.1, -0.05) is 29.8 Å². The Kier molecular flexibility index (Phi) is 5.34. The number of rotatable bonds is 6. The van der Waals surface area contributed by atoms with Gasteiger partial charge in [0.2, 0.25) is 5.54 Å². The summed E-state index contributed by atoms with van der Waals surface area (Å²) in [5.74, 6) is -1.45. The van der Waals surface area contributed by atoms with E-state index in [0.29, 0.717) is 16.1 Å². The van der Waals surface area contributed by atoms with Gasteiger partial charge in [-0.25, -0.2) is 4.39 Å². The average Bonchev–Trinajstić information content (AvgIpc) is 2.53. The van der Waals surface area contributed by atoms with Crippen molar-refractivity contribution in [2.45, 2.75) is 31.7 Å². The van der Waals surface area contributed by atoms with Crippen molar-refractivity contribution < 1.29 is 14.1 Å². The Morgan fingerprint density at radius 2 is 1.79 bits per heavy atom. The van der Waals surface area contributed by atoms with Crippen molar-refractivity contribution in [3.63, 3.8) is 0 Å². The van der Waals surface area contributed by atoms with E-state index in [1.165, 1.54) is 38.1 Å². The second kappa shape index (κ2) is 7.09. The minimum absolute atomic E-state index is 0.0939. The van der Waals surface area contributed by atoms with E-state index in [9.17, 15) is 19.3 Å². The van der Waals surface area contributed by atoms with Crippen LogP contribution in [-0.2, 0) is 0 Å². The number of nitrogens with zero attached hydrogens (tertiary/aromatic N) is 1. The van der Waals surface area contributed by atoms with Crippen LogP contribution in [0.3, 0.4) is 0 Å². The van der Waals surface area contributed by atoms with Gasteiger partial charge < -0.3 is 0 Å². The maximum atomic E-state index is 13.0. The summed E-state index contributed by atoms with van der Waals surface area (Å²) < 4.78 is 13.0. The van der Waals surface area contributed by atoms with Gasteiger partial charge in [0.05, 0.1) is 5.92 Å². The molecule has 0 aliphatic heterocycles. The molecule has 0 unspecified atom stereocenters. The van der Waals surface area contributed by atoms with Crippen LogP contribution in [0.1, 0.15) is 42.1 Å². The standard InChI is InChI=1S/C18H17ClFNO3/c1-18(2,21(23)24)15(14-5-3-4-6-16(14)19)11-17(22)12-7-9-13(20)10-8-12/h3-10,15H,11H2,1-2H3/t15-/m1/s1. The minimum Gasteiger partial charge on any atom is -0.294 e. The molecule has 126 valence electrons. The third kappa shape index (κ3) is 3.79. The summed E-state index contributed by atoms with van der Waals surface area (Å²) in [5.41, 5.74) is -0.523. The predicted molar refractivity (Wildman–Crippen MR) is 90.6 cm³/mol. The van der Waals surface area contributed by atoms with Crippen LogP contribution >= 0.6 is 11.6 Å². The topological polar surface area (TPSA) is 60.2 Å². The molecule has 0 aliphatic rings. The molecule has 1 atom stereocenters. The maximum absolute atomic E-state index is 13.0. The number of benzene rings is 2. The monoisotopic (exact) mass is 349 g/mol. The van der Waals surface area contributed by atoms with Crippen molar-refractivity contribution in [3.8, 4) is 0 Å². The summed E-state index contributed by atoms with van der Waals surface area (Å²) in [5, 5.41) is 11.9. The van der Waals surface area contributed by atoms with Crippen LogP contribution in [0.25, 0.3) is 0 Å². The molecule has 2 rings (SSSR count). The van der Waals surface area contributed by atoms with Crippen molar-refractivity contribution in [2.24, 2.45) is 0 Å². The molecule has 0 aliphatic carbocycles. The summed E-state index contributed by atoms with van der Waals surface area (Å²) in [7, 11) is 0. The predicted octanol–water partition coefficient (Wildman–Crippen LogP) is 4.89. The minimum atomic E-state index is -1.39. The second-order valence-corrected chi connectivity index (χ2v) is 6.53. The summed E-state index contributed by atoms with van der Waals surface area (Å²) in [4.78, 5) is 23.6. The highest BCUT2D eigenvalue weighted by molar-refractivity contribution is 6.31. The molecule has 0 bridgehead atoms. The molecule has 24 heavy (non-hydrogen) atoms. The first kappa shape index (κ1) is 18.1. The van der Waals surface area contributed by atoms with Gasteiger partial charge in [-0.2, -0.15) is 0 Å². The number of halogens is 2. The molecule has 0 N–H and O–H groups in total. The zero-order valence-electron chi connectivity index (χ0n) is 13.3. The largest absolute Gasteiger partial charge is 0.294 e. The van der Waals surface area contributed by atoms with Gasteiger partial charge in [0, 0.05) is 35.8 Å². The average molecular weight is 350 g/mol. The van der Waals surface area contributed by atoms with Gasteiger partial charge in [-0.3, -0.25) is 14.9 Å². The highest BCUT2D eigenvalue weighted by atomic mass is 35.5. The number of hydrogen-bond acceptors (Lipinski definition) is 3. The highest BCUT2D eigenvalue weighted by Gasteiger charge is 2.43. The van der Waals surface area contributed by atoms with Crippen LogP contribution < -0.4 is 0 Å². The number of hydrogen-bond donors (Lipinski definition) is 0. The molecule has 0 spiro atoms. The lowest BCUT2D eigenvalue weighted by Crippen LogP contribution is -2.39. The Morgan fingerprint density at radius 3 is 2.33 bits per heavy atom. The molecule has 0 amide bonds. The van der Waals surface area contributed by atoms with Gasteiger partial charge in [-0.15, -0.1) is 0 Å². The molecule has 0 heterocycles. The lowest BCUT2D eigenvalue weighted by molar-refractivity contribution is -0.565. The third-order valence-electron chi connectivity index (χ3n) is 4.16. The molecular weight excluding hydrogens is 333 g/mol. The lowest BCUT2D eigenvalue weighted by Gasteiger charge is -2.27. The fourth-order valence-electron chi connectivity index (χ4n) is 2.56. The fourth-order valence-corrected chi connectivity index (χ4v) is 2.83. The van der Waals surface area contributed by atoms with Gasteiger partial charge >= 0.3 is 0 Å². The van der Waals surface area contributed by atoms with E-state index in [4.69, 9.17) is 11.6 Å². The quantitative estimate of drug-likeness (QED) is 0.423. The van der Waals surface area contributed by atoms with E-state index >= 15 is 0 Å². The molecule has 0 fully saturated rings. The van der Waals surface area contributed by atoms with Crippen LogP contribution in [0.5, 0.6) is 0 Å². The van der Waals surface area contributed by atoms with Crippen LogP contribution in [0.2, 0.25) is 5.02 Å². The summed E-state index contributed by atoms with van der Waals surface area (Å²) in [6.45, 7) is 2.94. The van der Waals surface area contributed by atoms with E-state index in [-0.39, 0.29) is 12.2 Å². The van der Waals surface area contributed by atoms with Crippen molar-refractivity contribution >= 4 is 17.4 Å². The number of Topliss-reactive ketones (excluding diaryl/α,β-unsaturated/α-hetero) is 1. The first-order valence-electron chi connectivity index (χ1n) is 7.41. The van der Waals surface area contributed by atoms with Gasteiger partial charge in [0.25, 0.3) is 0 Å². The first-order valence-corrected chi connectivity index (χ1v) is 7.79. The highest BCUT2D eigenvalue weighted by Crippen LogP contribution is 2.38. The Balaban J connectivity index is 2.40. The fraction of sp³-hybridized carbons (Fsp3) is 0.278. The zero-order valence-corrected chi connectivity index (χ0v) is 14.1. The maximum Gasteiger partial charge on any atom is 0.224 e. The number of nitro groups is 1. The van der Waals surface area contributed by atoms with E-state index in [0.717, 1.165) is 0 Å². The molecule has 2 aromatic carbocycles. The lowest BCUT2D eigenvalue weighted by atomic mass is 9.78. The van der Waals surface area contributed by atoms with Crippen LogP contribution in [0, 0.1) is 15.9 Å². The number of ketones is 1. The van der Waals surface area contributed by atoms with Crippen LogP contribution in [-0.4, -0.2) is 16.2 Å². The van der Waals surface area contributed by atoms with Crippen LogP contribution in [0.4, 0.5) is 4.39 Å². The summed E-state index contributed by atoms with van der Waals surface area (Å²) in [6.07, 6.45) is -0.0939. The third-order valence-corrected chi connectivity index (χ3v) is 4.50. The van der Waals surface area contributed by atoms with Crippen molar-refractivity contribution in [1.29, 1.82) is 0 Å². The normalized spacial score (nSPS) is 12.7. The smallest absolute Gasteiger partial charge is 0.224 e. The van der Waals surface area contributed by atoms with E-state index in [1.54, 1.807) is 24.3 Å². The second-order valence-electron chi connectivity index (χ2n) is 6.12. The van der Waals surface area contributed by atoms with Gasteiger partial charge in [0.1, 0.15) is 5.82 Å². The molecule has 6 heteroatoms. The Bertz CT molecular complexity index is 759. The zero-order chi connectivity index (χ0) is 17.9. The Hall–Kier alpha value is -2.27. The number of carbonyl (C=O) groups excluding carboxylic acids is 1. The van der Waals surface area contributed by atoms with Gasteiger partial charge in [0.15, 0.2) is 5.78 Å². The van der Waals surface area contributed by atoms with Crippen molar-refractivity contribution in [1.82, 2.24) is 0 Å². The molecule has 4 nitrogen and oxygen atoms in total. The SMILES string of the molecule is CC(C)([C@H](CC(=O)c1ccc(F)cc1)c1ccccc1Cl)[N+](=O)[O-]. The molecule has 2 aromatic rings. The number of carbonyl (C=O) groups is 1. The Morgan fingerprint density at radius 1 is 1.21 bits per heavy atom. The molecule has 0 saturated carbocycles. The van der Waals surface area contributed by atoms with Crippen molar-refractivity contribution in [3.05, 3.63) is 80.6 Å². The van der Waals surface area contributed by atoms with E-state index < -0.39 is 22.2 Å². The van der Waals surface area contributed by atoms with Crippen molar-refractivity contribution in [2.75, 3.05) is 0 Å². The molecule has 0 radical (unpaired) electrons. The van der Waals surface area contributed by atoms with E-state index in [1.807, 2.05) is 0 Å². The van der Waals surface area contributed by atoms with Gasteiger partial charge in [-0.05, 0) is 35.9 Å².